The van der Waals surface area contributed by atoms with Crippen LogP contribution in [0.5, 0.6) is 0 Å². The van der Waals surface area contributed by atoms with Gasteiger partial charge in [-0.15, -0.1) is 0 Å². The Morgan fingerprint density at radius 2 is 2.13 bits per heavy atom. The highest BCUT2D eigenvalue weighted by Gasteiger charge is 2.44. The molecule has 0 aliphatic carbocycles. The molecule has 2 saturated heterocycles. The number of rotatable bonds is 3. The average Bonchev–Trinajstić information content (AvgIpc) is 3.25. The number of pyridine rings is 1. The second-order valence-corrected chi connectivity index (χ2v) is 7.24. The molecule has 2 aromatic rings. The lowest BCUT2D eigenvalue weighted by Gasteiger charge is -2.25. The predicted molar refractivity (Wildman–Crippen MR) is 91.5 cm³/mol. The third kappa shape index (κ3) is 2.79. The number of nitrogens with zero attached hydrogens (tertiary/aromatic N) is 3. The Hall–Kier alpha value is -1.72. The van der Waals surface area contributed by atoms with E-state index in [-0.39, 0.29) is 5.91 Å². The number of amides is 1. The molecule has 2 aliphatic heterocycles. The molecule has 2 aliphatic rings. The molecule has 0 spiro atoms. The maximum Gasteiger partial charge on any atom is 0.255 e. The van der Waals surface area contributed by atoms with Crippen molar-refractivity contribution in [3.05, 3.63) is 52.0 Å². The largest absolute Gasteiger partial charge is 0.334 e. The number of thiophene rings is 1. The van der Waals surface area contributed by atoms with Crippen LogP contribution >= 0.6 is 11.3 Å². The van der Waals surface area contributed by atoms with Gasteiger partial charge in [-0.2, -0.15) is 11.3 Å². The average molecular weight is 327 g/mol. The zero-order valence-corrected chi connectivity index (χ0v) is 14.1. The summed E-state index contributed by atoms with van der Waals surface area (Å²) in [5, 5.41) is 3.93. The highest BCUT2D eigenvalue weighted by molar-refractivity contribution is 7.08. The Kier molecular flexibility index (Phi) is 3.91. The zero-order chi connectivity index (χ0) is 15.8. The molecular formula is C18H21N3OS. The molecule has 2 fully saturated rings. The number of likely N-dealkylation sites (tertiary alicyclic amines) is 2. The van der Waals surface area contributed by atoms with E-state index in [4.69, 9.17) is 0 Å². The summed E-state index contributed by atoms with van der Waals surface area (Å²) in [6, 6.07) is 9.00. The fraction of sp³-hybridized carbons (Fsp3) is 0.444. The Labute approximate surface area is 140 Å². The van der Waals surface area contributed by atoms with Crippen molar-refractivity contribution >= 4 is 17.2 Å². The first-order valence-corrected chi connectivity index (χ1v) is 9.16. The first-order chi connectivity index (χ1) is 11.2. The van der Waals surface area contributed by atoms with Crippen LogP contribution in [0.3, 0.4) is 0 Å². The van der Waals surface area contributed by atoms with Crippen molar-refractivity contribution in [2.24, 2.45) is 0 Å². The molecule has 4 rings (SSSR count). The van der Waals surface area contributed by atoms with Crippen LogP contribution in [-0.4, -0.2) is 45.9 Å². The fourth-order valence-electron chi connectivity index (χ4n) is 3.97. The Morgan fingerprint density at radius 3 is 2.91 bits per heavy atom. The van der Waals surface area contributed by atoms with Crippen molar-refractivity contribution in [2.45, 2.75) is 38.4 Å². The monoisotopic (exact) mass is 327 g/mol. The van der Waals surface area contributed by atoms with Gasteiger partial charge >= 0.3 is 0 Å². The molecule has 1 amide bonds. The third-order valence-corrected chi connectivity index (χ3v) is 5.71. The van der Waals surface area contributed by atoms with Crippen LogP contribution in [0.1, 0.15) is 34.6 Å². The van der Waals surface area contributed by atoms with Gasteiger partial charge in [-0.3, -0.25) is 14.7 Å². The van der Waals surface area contributed by atoms with E-state index in [1.807, 2.05) is 29.8 Å². The number of hydrogen-bond acceptors (Lipinski definition) is 4. The third-order valence-electron chi connectivity index (χ3n) is 5.03. The smallest absolute Gasteiger partial charge is 0.255 e. The van der Waals surface area contributed by atoms with Crippen LogP contribution in [0, 0.1) is 6.92 Å². The van der Waals surface area contributed by atoms with Gasteiger partial charge in [-0.25, -0.2) is 0 Å². The molecule has 0 unspecified atom stereocenters. The Balaban J connectivity index is 1.46. The van der Waals surface area contributed by atoms with Gasteiger partial charge in [0.2, 0.25) is 0 Å². The fourth-order valence-corrected chi connectivity index (χ4v) is 4.60. The zero-order valence-electron chi connectivity index (χ0n) is 13.3. The summed E-state index contributed by atoms with van der Waals surface area (Å²) in [5.74, 6) is 0.203. The van der Waals surface area contributed by atoms with E-state index < -0.39 is 0 Å². The first kappa shape index (κ1) is 14.8. The van der Waals surface area contributed by atoms with Crippen LogP contribution in [0.2, 0.25) is 0 Å². The molecule has 0 bridgehead atoms. The molecule has 2 aromatic heterocycles. The van der Waals surface area contributed by atoms with Gasteiger partial charge in [-0.05, 0) is 43.3 Å². The van der Waals surface area contributed by atoms with Gasteiger partial charge in [0, 0.05) is 42.8 Å². The van der Waals surface area contributed by atoms with Crippen LogP contribution in [0.4, 0.5) is 0 Å². The van der Waals surface area contributed by atoms with Crippen molar-refractivity contribution < 1.29 is 4.79 Å². The van der Waals surface area contributed by atoms with Gasteiger partial charge in [0.15, 0.2) is 0 Å². The SMILES string of the molecule is Cc1cccc(CN2CC[C@@H]3[C@@H]2CCN3C(=O)c2ccsc2)n1. The second-order valence-electron chi connectivity index (χ2n) is 6.46. The lowest BCUT2D eigenvalue weighted by molar-refractivity contribution is 0.0732. The van der Waals surface area contributed by atoms with Crippen molar-refractivity contribution in [1.29, 1.82) is 0 Å². The Morgan fingerprint density at radius 1 is 1.26 bits per heavy atom. The first-order valence-electron chi connectivity index (χ1n) is 8.22. The minimum Gasteiger partial charge on any atom is -0.334 e. The van der Waals surface area contributed by atoms with E-state index in [2.05, 4.69) is 26.9 Å². The molecule has 5 heteroatoms. The van der Waals surface area contributed by atoms with E-state index in [9.17, 15) is 4.79 Å². The van der Waals surface area contributed by atoms with Crippen molar-refractivity contribution in [1.82, 2.24) is 14.8 Å². The van der Waals surface area contributed by atoms with E-state index >= 15 is 0 Å². The number of fused-ring (bicyclic) bond motifs is 1. The molecule has 4 nitrogen and oxygen atoms in total. The molecule has 0 saturated carbocycles. The predicted octanol–water partition coefficient (Wildman–Crippen LogP) is 2.94. The minimum atomic E-state index is 0.203. The molecular weight excluding hydrogens is 306 g/mol. The van der Waals surface area contributed by atoms with Crippen LogP contribution in [0.25, 0.3) is 0 Å². The van der Waals surface area contributed by atoms with Crippen molar-refractivity contribution in [3.63, 3.8) is 0 Å². The van der Waals surface area contributed by atoms with Gasteiger partial charge in [0.05, 0.1) is 11.3 Å². The molecule has 2 atom stereocenters. The van der Waals surface area contributed by atoms with E-state index in [0.717, 1.165) is 49.4 Å². The summed E-state index contributed by atoms with van der Waals surface area (Å²) in [6.45, 7) is 4.86. The lowest BCUT2D eigenvalue weighted by Crippen LogP contribution is -2.39. The molecule has 0 aromatic carbocycles. The van der Waals surface area contributed by atoms with Gasteiger partial charge in [-0.1, -0.05) is 6.07 Å². The number of carbonyl (C=O) groups excluding carboxylic acids is 1. The van der Waals surface area contributed by atoms with Crippen LogP contribution < -0.4 is 0 Å². The lowest BCUT2D eigenvalue weighted by atomic mass is 10.1. The maximum absolute atomic E-state index is 12.7. The summed E-state index contributed by atoms with van der Waals surface area (Å²) >= 11 is 1.59. The van der Waals surface area contributed by atoms with Crippen LogP contribution in [-0.2, 0) is 6.54 Å². The van der Waals surface area contributed by atoms with E-state index in [1.165, 1.54) is 0 Å². The highest BCUT2D eigenvalue weighted by atomic mass is 32.1. The minimum absolute atomic E-state index is 0.203. The summed E-state index contributed by atoms with van der Waals surface area (Å²) in [4.78, 5) is 21.9. The van der Waals surface area contributed by atoms with Gasteiger partial charge in [0.25, 0.3) is 5.91 Å². The summed E-state index contributed by atoms with van der Waals surface area (Å²) in [7, 11) is 0. The molecule has 120 valence electrons. The molecule has 4 heterocycles. The molecule has 0 N–H and O–H groups in total. The summed E-state index contributed by atoms with van der Waals surface area (Å²) in [5.41, 5.74) is 3.04. The molecule has 0 radical (unpaired) electrons. The Bertz CT molecular complexity index is 700. The molecule has 23 heavy (non-hydrogen) atoms. The van der Waals surface area contributed by atoms with Gasteiger partial charge in [0.1, 0.15) is 0 Å². The van der Waals surface area contributed by atoms with E-state index in [1.54, 1.807) is 11.3 Å². The number of aryl methyl sites for hydroxylation is 1. The summed E-state index contributed by atoms with van der Waals surface area (Å²) in [6.07, 6.45) is 2.15. The van der Waals surface area contributed by atoms with Crippen molar-refractivity contribution in [3.8, 4) is 0 Å². The van der Waals surface area contributed by atoms with Crippen molar-refractivity contribution in [2.75, 3.05) is 13.1 Å². The number of carbonyl (C=O) groups is 1. The number of aromatic nitrogens is 1. The second kappa shape index (κ2) is 6.06. The quantitative estimate of drug-likeness (QED) is 0.870. The normalized spacial score (nSPS) is 24.1. The number of hydrogen-bond donors (Lipinski definition) is 0. The summed E-state index contributed by atoms with van der Waals surface area (Å²) < 4.78 is 0. The van der Waals surface area contributed by atoms with Crippen LogP contribution in [0.15, 0.2) is 35.0 Å². The van der Waals surface area contributed by atoms with E-state index in [0.29, 0.717) is 12.1 Å². The topological polar surface area (TPSA) is 36.4 Å². The standard InChI is InChI=1S/C18H21N3OS/c1-13-3-2-4-15(19-13)11-20-8-5-17-16(20)6-9-21(17)18(22)14-7-10-23-12-14/h2-4,7,10,12,16-17H,5-6,8-9,11H2,1H3/t16-,17+/m0/s1. The highest BCUT2D eigenvalue weighted by Crippen LogP contribution is 2.33. The maximum atomic E-state index is 12.7. The van der Waals surface area contributed by atoms with Gasteiger partial charge < -0.3 is 4.90 Å².